The van der Waals surface area contributed by atoms with Gasteiger partial charge in [-0.05, 0) is 85.9 Å². The largest absolute Gasteiger partial charge is 0.378 e. The van der Waals surface area contributed by atoms with Crippen molar-refractivity contribution in [2.24, 2.45) is 5.92 Å². The Labute approximate surface area is 193 Å². The molecule has 0 amide bonds. The average molecular weight is 435 g/mol. The molecule has 1 heterocycles. The summed E-state index contributed by atoms with van der Waals surface area (Å²) in [7, 11) is 0. The molecule has 4 rings (SSSR count). The molecule has 2 fully saturated rings. The molecule has 4 heteroatoms. The second-order valence-corrected chi connectivity index (χ2v) is 9.35. The molecule has 1 aliphatic heterocycles. The molecule has 0 bridgehead atoms. The van der Waals surface area contributed by atoms with Gasteiger partial charge in [0.25, 0.3) is 0 Å². The van der Waals surface area contributed by atoms with Crippen LogP contribution < -0.4 is 4.90 Å². The van der Waals surface area contributed by atoms with E-state index in [9.17, 15) is 4.79 Å². The third-order valence-corrected chi connectivity index (χ3v) is 7.10. The molecule has 0 unspecified atom stereocenters. The van der Waals surface area contributed by atoms with Gasteiger partial charge in [-0.1, -0.05) is 25.1 Å². The number of hydrogen-bond acceptors (Lipinski definition) is 4. The molecule has 1 saturated heterocycles. The minimum absolute atomic E-state index is 0.348. The number of allylic oxidation sites excluding steroid dienone is 4. The third kappa shape index (κ3) is 5.17. The van der Waals surface area contributed by atoms with Crippen LogP contribution in [0.3, 0.4) is 0 Å². The van der Waals surface area contributed by atoms with Crippen LogP contribution in [-0.2, 0) is 9.53 Å². The van der Waals surface area contributed by atoms with Gasteiger partial charge in [0, 0.05) is 44.0 Å². The lowest BCUT2D eigenvalue weighted by molar-refractivity contribution is -0.116. The van der Waals surface area contributed by atoms with Crippen molar-refractivity contribution in [3.8, 4) is 0 Å². The molecule has 3 aliphatic rings. The first kappa shape index (κ1) is 22.8. The van der Waals surface area contributed by atoms with Gasteiger partial charge in [-0.3, -0.25) is 4.79 Å². The van der Waals surface area contributed by atoms with Crippen molar-refractivity contribution in [3.63, 3.8) is 0 Å². The van der Waals surface area contributed by atoms with Crippen LogP contribution in [0.1, 0.15) is 58.4 Å². The number of ketones is 1. The first-order valence-corrected chi connectivity index (χ1v) is 12.4. The maximum Gasteiger partial charge on any atom is 0.158 e. The molecule has 0 spiro atoms. The Hall–Kier alpha value is -2.33. The van der Waals surface area contributed by atoms with Crippen molar-refractivity contribution in [1.29, 1.82) is 0 Å². The van der Waals surface area contributed by atoms with Crippen LogP contribution in [0.2, 0.25) is 0 Å². The summed E-state index contributed by atoms with van der Waals surface area (Å²) in [5, 5.41) is 0. The number of benzene rings is 1. The number of ether oxygens (including phenoxy) is 1. The summed E-state index contributed by atoms with van der Waals surface area (Å²) in [6.45, 7) is 12.1. The highest BCUT2D eigenvalue weighted by atomic mass is 16.5. The SMILES string of the molecule is CCN(CC)c1ccc(/C=C2\CCC(/C=C3/C[C@H](C)CCC3=O)=C2N2CCOCC2)cc1. The summed E-state index contributed by atoms with van der Waals surface area (Å²) in [6.07, 6.45) is 9.30. The number of morpholine rings is 1. The van der Waals surface area contributed by atoms with Crippen molar-refractivity contribution < 1.29 is 9.53 Å². The van der Waals surface area contributed by atoms with Gasteiger partial charge < -0.3 is 14.5 Å². The van der Waals surface area contributed by atoms with Crippen LogP contribution in [0, 0.1) is 5.92 Å². The normalized spacial score (nSPS) is 24.7. The zero-order valence-electron chi connectivity index (χ0n) is 20.0. The quantitative estimate of drug-likeness (QED) is 0.545. The molecule has 4 nitrogen and oxygen atoms in total. The molecule has 1 aromatic carbocycles. The molecule has 0 aromatic heterocycles. The second kappa shape index (κ2) is 10.5. The first-order chi connectivity index (χ1) is 15.6. The lowest BCUT2D eigenvalue weighted by Crippen LogP contribution is -2.36. The predicted molar refractivity (Wildman–Crippen MR) is 133 cm³/mol. The van der Waals surface area contributed by atoms with E-state index in [1.165, 1.54) is 28.1 Å². The van der Waals surface area contributed by atoms with E-state index < -0.39 is 0 Å². The molecule has 1 atom stereocenters. The van der Waals surface area contributed by atoms with Gasteiger partial charge in [-0.25, -0.2) is 0 Å². The van der Waals surface area contributed by atoms with Gasteiger partial charge in [0.05, 0.1) is 13.2 Å². The van der Waals surface area contributed by atoms with E-state index in [1.54, 1.807) is 0 Å². The monoisotopic (exact) mass is 434 g/mol. The van der Waals surface area contributed by atoms with Gasteiger partial charge in [0.1, 0.15) is 0 Å². The minimum atomic E-state index is 0.348. The number of hydrogen-bond donors (Lipinski definition) is 0. The van der Waals surface area contributed by atoms with Crippen LogP contribution >= 0.6 is 0 Å². The highest BCUT2D eigenvalue weighted by Crippen LogP contribution is 2.38. The Kier molecular flexibility index (Phi) is 7.51. The zero-order valence-corrected chi connectivity index (χ0v) is 20.0. The van der Waals surface area contributed by atoms with Crippen molar-refractivity contribution in [2.75, 3.05) is 44.3 Å². The van der Waals surface area contributed by atoms with Crippen molar-refractivity contribution in [2.45, 2.75) is 52.9 Å². The maximum absolute atomic E-state index is 12.6. The highest BCUT2D eigenvalue weighted by Gasteiger charge is 2.27. The molecular weight excluding hydrogens is 396 g/mol. The van der Waals surface area contributed by atoms with Crippen LogP contribution in [0.25, 0.3) is 6.08 Å². The van der Waals surface area contributed by atoms with Crippen LogP contribution in [-0.4, -0.2) is 50.1 Å². The highest BCUT2D eigenvalue weighted by molar-refractivity contribution is 5.96. The third-order valence-electron chi connectivity index (χ3n) is 7.10. The summed E-state index contributed by atoms with van der Waals surface area (Å²) in [4.78, 5) is 17.4. The van der Waals surface area contributed by atoms with Crippen molar-refractivity contribution in [3.05, 3.63) is 58.3 Å². The summed E-state index contributed by atoms with van der Waals surface area (Å²) in [5.74, 6) is 0.952. The lowest BCUT2D eigenvalue weighted by atomic mass is 9.85. The van der Waals surface area contributed by atoms with Gasteiger partial charge in [-0.15, -0.1) is 0 Å². The second-order valence-electron chi connectivity index (χ2n) is 9.35. The topological polar surface area (TPSA) is 32.8 Å². The predicted octanol–water partition coefficient (Wildman–Crippen LogP) is 5.61. The molecule has 1 aromatic rings. The number of carbonyl (C=O) groups excluding carboxylic acids is 1. The van der Waals surface area contributed by atoms with Gasteiger partial charge >= 0.3 is 0 Å². The van der Waals surface area contributed by atoms with E-state index >= 15 is 0 Å². The molecular formula is C28H38N2O2. The Morgan fingerprint density at radius 3 is 2.41 bits per heavy atom. The number of Topliss-reactive ketones (excluding diaryl/α,β-unsaturated/α-hetero) is 1. The van der Waals surface area contributed by atoms with Crippen LogP contribution in [0.15, 0.2) is 52.8 Å². The lowest BCUT2D eigenvalue weighted by Gasteiger charge is -2.31. The zero-order chi connectivity index (χ0) is 22.5. The maximum atomic E-state index is 12.6. The number of anilines is 1. The fourth-order valence-corrected chi connectivity index (χ4v) is 5.24. The van der Waals surface area contributed by atoms with E-state index in [0.29, 0.717) is 18.1 Å². The fraction of sp³-hybridized carbons (Fsp3) is 0.536. The van der Waals surface area contributed by atoms with E-state index in [0.717, 1.165) is 70.6 Å². The molecule has 32 heavy (non-hydrogen) atoms. The minimum Gasteiger partial charge on any atom is -0.378 e. The molecule has 2 aliphatic carbocycles. The summed E-state index contributed by atoms with van der Waals surface area (Å²) >= 11 is 0. The number of carbonyl (C=O) groups is 1. The Balaban J connectivity index is 1.66. The van der Waals surface area contributed by atoms with Crippen molar-refractivity contribution >= 4 is 17.5 Å². The van der Waals surface area contributed by atoms with Crippen molar-refractivity contribution in [1.82, 2.24) is 4.90 Å². The molecule has 1 saturated carbocycles. The average Bonchev–Trinajstić information content (AvgIpc) is 3.20. The number of rotatable bonds is 6. The summed E-state index contributed by atoms with van der Waals surface area (Å²) in [5.41, 5.74) is 7.65. The van der Waals surface area contributed by atoms with Gasteiger partial charge in [0.15, 0.2) is 5.78 Å². The van der Waals surface area contributed by atoms with Gasteiger partial charge in [0.2, 0.25) is 0 Å². The molecule has 0 radical (unpaired) electrons. The van der Waals surface area contributed by atoms with Crippen LogP contribution in [0.4, 0.5) is 5.69 Å². The Morgan fingerprint density at radius 2 is 1.72 bits per heavy atom. The van der Waals surface area contributed by atoms with E-state index in [2.05, 4.69) is 67.0 Å². The first-order valence-electron chi connectivity index (χ1n) is 12.4. The standard InChI is InChI=1S/C28H38N2O2/c1-4-29(5-2)26-11-7-22(8-12-26)19-23-9-10-24(28(23)30-14-16-32-17-15-30)20-25-18-21(3)6-13-27(25)31/h7-8,11-12,19-21H,4-6,9-10,13-18H2,1-3H3/b23-19+,25-20-/t21-/m1/s1. The molecule has 172 valence electrons. The Bertz CT molecular complexity index is 900. The number of nitrogens with zero attached hydrogens (tertiary/aromatic N) is 2. The van der Waals surface area contributed by atoms with E-state index in [1.807, 2.05) is 0 Å². The smallest absolute Gasteiger partial charge is 0.158 e. The van der Waals surface area contributed by atoms with Crippen LogP contribution in [0.5, 0.6) is 0 Å². The fourth-order valence-electron chi connectivity index (χ4n) is 5.24. The van der Waals surface area contributed by atoms with Gasteiger partial charge in [-0.2, -0.15) is 0 Å². The molecule has 0 N–H and O–H groups in total. The summed E-state index contributed by atoms with van der Waals surface area (Å²) < 4.78 is 5.63. The summed E-state index contributed by atoms with van der Waals surface area (Å²) in [6, 6.07) is 8.94. The Morgan fingerprint density at radius 1 is 1.00 bits per heavy atom. The van der Waals surface area contributed by atoms with E-state index in [-0.39, 0.29) is 0 Å². The van der Waals surface area contributed by atoms with E-state index in [4.69, 9.17) is 4.74 Å².